The predicted octanol–water partition coefficient (Wildman–Crippen LogP) is 2.47. The highest BCUT2D eigenvalue weighted by Gasteiger charge is 2.31. The molecule has 0 radical (unpaired) electrons. The van der Waals surface area contributed by atoms with Crippen LogP contribution in [0.15, 0.2) is 24.3 Å². The monoisotopic (exact) mass is 409 g/mol. The molecule has 0 spiro atoms. The zero-order valence-electron chi connectivity index (χ0n) is 15.8. The number of benzene rings is 1. The van der Waals surface area contributed by atoms with Crippen LogP contribution in [0.1, 0.15) is 18.1 Å². The van der Waals surface area contributed by atoms with Crippen LogP contribution in [0.3, 0.4) is 0 Å². The molecule has 11 heteroatoms. The number of ether oxygens (including phenoxy) is 2. The SMILES string of the molecule is COc1nc(N)nc(N(C)[C@@H](C)C(=O)Cc2cccc(OC(F)(F)F)c2)c1C#N. The van der Waals surface area contributed by atoms with E-state index >= 15 is 0 Å². The number of anilines is 2. The summed E-state index contributed by atoms with van der Waals surface area (Å²) in [7, 11) is 2.85. The fraction of sp³-hybridized carbons (Fsp3) is 0.333. The highest BCUT2D eigenvalue weighted by molar-refractivity contribution is 5.89. The molecule has 2 N–H and O–H groups in total. The van der Waals surface area contributed by atoms with Crippen LogP contribution in [0, 0.1) is 11.3 Å². The molecule has 0 unspecified atom stereocenters. The lowest BCUT2D eigenvalue weighted by molar-refractivity contribution is -0.274. The number of alkyl halides is 3. The summed E-state index contributed by atoms with van der Waals surface area (Å²) >= 11 is 0. The first-order valence-electron chi connectivity index (χ1n) is 8.27. The number of nitrogens with zero attached hydrogens (tertiary/aromatic N) is 4. The maximum Gasteiger partial charge on any atom is 0.573 e. The van der Waals surface area contributed by atoms with E-state index in [0.717, 1.165) is 12.1 Å². The van der Waals surface area contributed by atoms with Crippen LogP contribution < -0.4 is 20.1 Å². The quantitative estimate of drug-likeness (QED) is 0.742. The Morgan fingerprint density at radius 2 is 2.07 bits per heavy atom. The van der Waals surface area contributed by atoms with Gasteiger partial charge in [-0.15, -0.1) is 13.2 Å². The molecule has 1 atom stereocenters. The van der Waals surface area contributed by atoms with E-state index in [1.165, 1.54) is 31.2 Å². The normalized spacial score (nSPS) is 12.0. The predicted molar refractivity (Wildman–Crippen MR) is 97.4 cm³/mol. The molecule has 2 rings (SSSR count). The summed E-state index contributed by atoms with van der Waals surface area (Å²) in [6, 6.07) is 6.31. The van der Waals surface area contributed by atoms with Crippen molar-refractivity contribution in [3.05, 3.63) is 35.4 Å². The number of carbonyl (C=O) groups excluding carboxylic acids is 1. The molecule has 8 nitrogen and oxygen atoms in total. The molecule has 0 saturated carbocycles. The number of aromatic nitrogens is 2. The smallest absolute Gasteiger partial charge is 0.480 e. The number of hydrogen-bond acceptors (Lipinski definition) is 8. The number of likely N-dealkylation sites (N-methyl/N-ethyl adjacent to an activating group) is 1. The molecule has 0 aliphatic carbocycles. The van der Waals surface area contributed by atoms with Crippen molar-refractivity contribution in [2.75, 3.05) is 24.8 Å². The molecule has 0 aliphatic rings. The number of methoxy groups -OCH3 is 1. The number of carbonyl (C=O) groups is 1. The second-order valence-corrected chi connectivity index (χ2v) is 6.03. The standard InChI is InChI=1S/C18H18F3N5O3/c1-10(26(2)15-13(9-22)16(28-3)25-17(23)24-15)14(27)8-11-5-4-6-12(7-11)29-18(19,20)21/h4-7,10H,8H2,1-3H3,(H2,23,24,25)/t10-/m0/s1. The molecule has 1 aromatic heterocycles. The van der Waals surface area contributed by atoms with E-state index in [2.05, 4.69) is 14.7 Å². The lowest BCUT2D eigenvalue weighted by Crippen LogP contribution is -2.38. The summed E-state index contributed by atoms with van der Waals surface area (Å²) in [5.41, 5.74) is 5.98. The number of nitrogens with two attached hydrogens (primary N) is 1. The molecule has 0 aliphatic heterocycles. The average Bonchev–Trinajstić information content (AvgIpc) is 2.64. The van der Waals surface area contributed by atoms with Gasteiger partial charge in [0.1, 0.15) is 11.8 Å². The minimum Gasteiger partial charge on any atom is -0.480 e. The van der Waals surface area contributed by atoms with Crippen LogP contribution >= 0.6 is 0 Å². The van der Waals surface area contributed by atoms with Gasteiger partial charge in [-0.1, -0.05) is 12.1 Å². The van der Waals surface area contributed by atoms with E-state index in [4.69, 9.17) is 10.5 Å². The number of nitrogen functional groups attached to an aromatic ring is 1. The van der Waals surface area contributed by atoms with Gasteiger partial charge in [0, 0.05) is 13.5 Å². The Bertz CT molecular complexity index is 943. The van der Waals surface area contributed by atoms with Crippen molar-refractivity contribution in [2.24, 2.45) is 0 Å². The summed E-state index contributed by atoms with van der Waals surface area (Å²) in [6.45, 7) is 1.57. The lowest BCUT2D eigenvalue weighted by Gasteiger charge is -2.26. The van der Waals surface area contributed by atoms with Gasteiger partial charge < -0.3 is 20.1 Å². The van der Waals surface area contributed by atoms with Crippen LogP contribution in [0.25, 0.3) is 0 Å². The van der Waals surface area contributed by atoms with Crippen LogP contribution in [-0.2, 0) is 11.2 Å². The Kier molecular flexibility index (Phi) is 6.48. The number of rotatable bonds is 7. The van der Waals surface area contributed by atoms with E-state index in [1.807, 2.05) is 6.07 Å². The Balaban J connectivity index is 2.22. The van der Waals surface area contributed by atoms with Crippen LogP contribution in [0.5, 0.6) is 11.6 Å². The fourth-order valence-electron chi connectivity index (χ4n) is 2.55. The summed E-state index contributed by atoms with van der Waals surface area (Å²) in [5, 5.41) is 9.38. The number of hydrogen-bond donors (Lipinski definition) is 1. The molecular weight excluding hydrogens is 391 g/mol. The second kappa shape index (κ2) is 8.64. The van der Waals surface area contributed by atoms with Crippen LogP contribution in [0.4, 0.5) is 24.9 Å². The van der Waals surface area contributed by atoms with E-state index in [1.54, 1.807) is 6.92 Å². The third-order valence-corrected chi connectivity index (χ3v) is 4.07. The van der Waals surface area contributed by atoms with Crippen molar-refractivity contribution < 1.29 is 27.4 Å². The second-order valence-electron chi connectivity index (χ2n) is 6.03. The molecule has 0 amide bonds. The molecule has 0 fully saturated rings. The topological polar surface area (TPSA) is 114 Å². The van der Waals surface area contributed by atoms with Crippen molar-refractivity contribution in [1.29, 1.82) is 5.26 Å². The average molecular weight is 409 g/mol. The van der Waals surface area contributed by atoms with Crippen molar-refractivity contribution in [3.8, 4) is 17.7 Å². The molecule has 1 heterocycles. The Morgan fingerprint density at radius 1 is 1.38 bits per heavy atom. The van der Waals surface area contributed by atoms with Crippen molar-refractivity contribution in [2.45, 2.75) is 25.7 Å². The van der Waals surface area contributed by atoms with Gasteiger partial charge in [-0.25, -0.2) is 0 Å². The van der Waals surface area contributed by atoms with Gasteiger partial charge in [0.25, 0.3) is 0 Å². The van der Waals surface area contributed by atoms with Gasteiger partial charge >= 0.3 is 6.36 Å². The van der Waals surface area contributed by atoms with Gasteiger partial charge in [0.2, 0.25) is 11.8 Å². The molecule has 0 bridgehead atoms. The zero-order valence-corrected chi connectivity index (χ0v) is 15.8. The first-order valence-corrected chi connectivity index (χ1v) is 8.27. The third-order valence-electron chi connectivity index (χ3n) is 4.07. The van der Waals surface area contributed by atoms with Crippen molar-refractivity contribution in [1.82, 2.24) is 9.97 Å². The molecule has 0 saturated heterocycles. The summed E-state index contributed by atoms with van der Waals surface area (Å²) in [4.78, 5) is 21.9. The van der Waals surface area contributed by atoms with E-state index in [9.17, 15) is 23.2 Å². The first kappa shape index (κ1) is 21.7. The van der Waals surface area contributed by atoms with E-state index in [0.29, 0.717) is 5.56 Å². The van der Waals surface area contributed by atoms with Gasteiger partial charge in [-0.3, -0.25) is 4.79 Å². The highest BCUT2D eigenvalue weighted by atomic mass is 19.4. The third kappa shape index (κ3) is 5.47. The van der Waals surface area contributed by atoms with Crippen molar-refractivity contribution >= 4 is 17.5 Å². The molecule has 29 heavy (non-hydrogen) atoms. The Labute approximate surface area is 164 Å². The Hall–Kier alpha value is -3.55. The largest absolute Gasteiger partial charge is 0.573 e. The zero-order chi connectivity index (χ0) is 21.8. The van der Waals surface area contributed by atoms with Gasteiger partial charge in [0.15, 0.2) is 17.2 Å². The minimum absolute atomic E-state index is 0.00410. The molecule has 1 aromatic carbocycles. The maximum absolute atomic E-state index is 12.7. The van der Waals surface area contributed by atoms with Gasteiger partial charge in [-0.2, -0.15) is 15.2 Å². The molecular formula is C18H18F3N5O3. The van der Waals surface area contributed by atoms with Crippen LogP contribution in [-0.4, -0.2) is 42.3 Å². The fourth-order valence-corrected chi connectivity index (χ4v) is 2.55. The van der Waals surface area contributed by atoms with Crippen molar-refractivity contribution in [3.63, 3.8) is 0 Å². The number of ketones is 1. The number of nitriles is 1. The summed E-state index contributed by atoms with van der Waals surface area (Å²) < 4.78 is 46.0. The maximum atomic E-state index is 12.7. The van der Waals surface area contributed by atoms with Gasteiger partial charge in [0.05, 0.1) is 13.2 Å². The van der Waals surface area contributed by atoms with Crippen LogP contribution in [0.2, 0.25) is 0 Å². The van der Waals surface area contributed by atoms with E-state index in [-0.39, 0.29) is 35.4 Å². The Morgan fingerprint density at radius 3 is 2.66 bits per heavy atom. The molecule has 2 aromatic rings. The number of halogens is 3. The summed E-state index contributed by atoms with van der Waals surface area (Å²) in [5.74, 6) is -0.801. The van der Waals surface area contributed by atoms with Gasteiger partial charge in [-0.05, 0) is 24.6 Å². The number of Topliss-reactive ketones (excluding diaryl/α,β-unsaturated/α-hetero) is 1. The minimum atomic E-state index is -4.82. The highest BCUT2D eigenvalue weighted by Crippen LogP contribution is 2.27. The molecule has 154 valence electrons. The van der Waals surface area contributed by atoms with E-state index < -0.39 is 18.2 Å². The summed E-state index contributed by atoms with van der Waals surface area (Å²) in [6.07, 6.45) is -4.98. The first-order chi connectivity index (χ1) is 13.6. The lowest BCUT2D eigenvalue weighted by atomic mass is 10.0.